The van der Waals surface area contributed by atoms with Crippen LogP contribution in [0.3, 0.4) is 0 Å². The highest BCUT2D eigenvalue weighted by molar-refractivity contribution is 6.16. The van der Waals surface area contributed by atoms with Crippen LogP contribution in [0.2, 0.25) is 0 Å². The Morgan fingerprint density at radius 2 is 2.07 bits per heavy atom. The molecule has 0 atom stereocenters. The molecule has 1 fully saturated rings. The molecule has 15 heavy (non-hydrogen) atoms. The second kappa shape index (κ2) is 4.29. The van der Waals surface area contributed by atoms with Gasteiger partial charge in [0.1, 0.15) is 0 Å². The van der Waals surface area contributed by atoms with E-state index in [1.807, 2.05) is 0 Å². The van der Waals surface area contributed by atoms with E-state index in [-0.39, 0.29) is 11.8 Å². The lowest BCUT2D eigenvalue weighted by molar-refractivity contribution is -0.123. The summed E-state index contributed by atoms with van der Waals surface area (Å²) in [7, 11) is 6.52. The minimum absolute atomic E-state index is 0.238. The van der Waals surface area contributed by atoms with E-state index in [1.165, 1.54) is 13.2 Å². The first-order valence-corrected chi connectivity index (χ1v) is 4.55. The van der Waals surface area contributed by atoms with Gasteiger partial charge in [0.05, 0.1) is 12.5 Å². The van der Waals surface area contributed by atoms with E-state index in [1.54, 1.807) is 6.08 Å². The quantitative estimate of drug-likeness (QED) is 0.321. The molecule has 0 aromatic rings. The van der Waals surface area contributed by atoms with Gasteiger partial charge in [-0.25, -0.2) is 0 Å². The molecule has 0 heterocycles. The van der Waals surface area contributed by atoms with E-state index in [0.29, 0.717) is 18.5 Å². The van der Waals surface area contributed by atoms with Crippen LogP contribution in [0.5, 0.6) is 0 Å². The van der Waals surface area contributed by atoms with Gasteiger partial charge in [0.2, 0.25) is 13.9 Å². The van der Waals surface area contributed by atoms with Gasteiger partial charge in [0, 0.05) is 5.70 Å². The number of hydrogen-bond donors (Lipinski definition) is 3. The molecule has 1 aliphatic rings. The summed E-state index contributed by atoms with van der Waals surface area (Å²) in [5.74, 6) is -0.0254. The average Bonchev–Trinajstić information content (AvgIpc) is 3.05. The Kier molecular flexibility index (Phi) is 3.29. The fourth-order valence-corrected chi connectivity index (χ4v) is 1.31. The van der Waals surface area contributed by atoms with Crippen molar-refractivity contribution >= 4 is 13.9 Å². The van der Waals surface area contributed by atoms with Gasteiger partial charge in [-0.3, -0.25) is 4.79 Å². The monoisotopic (exact) mass is 207 g/mol. The normalized spacial score (nSPS) is 19.5. The minimum Gasteiger partial charge on any atom is -0.483 e. The topological polar surface area (TPSA) is 90.4 Å². The maximum Gasteiger partial charge on any atom is 0.226 e. The van der Waals surface area contributed by atoms with E-state index in [0.717, 1.165) is 0 Å². The first kappa shape index (κ1) is 11.5. The van der Waals surface area contributed by atoms with Crippen molar-refractivity contribution < 1.29 is 9.53 Å². The van der Waals surface area contributed by atoms with Crippen molar-refractivity contribution in [1.29, 1.82) is 0 Å². The van der Waals surface area contributed by atoms with Crippen molar-refractivity contribution in [1.82, 2.24) is 5.23 Å². The third-order valence-electron chi connectivity index (χ3n) is 2.53. The lowest BCUT2D eigenvalue weighted by Gasteiger charge is -2.13. The molecule has 5 nitrogen and oxygen atoms in total. The van der Waals surface area contributed by atoms with Gasteiger partial charge in [0.25, 0.3) is 0 Å². The van der Waals surface area contributed by atoms with Crippen molar-refractivity contribution in [3.8, 4) is 0 Å². The largest absolute Gasteiger partial charge is 0.483 e. The Morgan fingerprint density at radius 1 is 1.47 bits per heavy atom. The molecule has 5 N–H and O–H groups in total. The van der Waals surface area contributed by atoms with Crippen LogP contribution >= 0.6 is 0 Å². The Hall–Kier alpha value is -1.59. The van der Waals surface area contributed by atoms with Crippen molar-refractivity contribution in [2.24, 2.45) is 16.9 Å². The zero-order valence-electron chi connectivity index (χ0n) is 8.62. The van der Waals surface area contributed by atoms with Gasteiger partial charge >= 0.3 is 0 Å². The second-order valence-corrected chi connectivity index (χ2v) is 3.45. The highest BCUT2D eigenvalue weighted by Gasteiger charge is 2.51. The van der Waals surface area contributed by atoms with Crippen LogP contribution in [0.15, 0.2) is 23.7 Å². The number of ether oxygens (including phenoxy) is 1. The fourth-order valence-electron chi connectivity index (χ4n) is 1.31. The summed E-state index contributed by atoms with van der Waals surface area (Å²) in [6.45, 7) is 0. The summed E-state index contributed by atoms with van der Waals surface area (Å²) < 4.78 is 4.73. The van der Waals surface area contributed by atoms with Crippen LogP contribution in [0.4, 0.5) is 0 Å². The van der Waals surface area contributed by atoms with Gasteiger partial charge in [-0.2, -0.15) is 0 Å². The molecule has 0 aromatic heterocycles. The number of allylic oxidation sites excluding steroid dienone is 2. The zero-order chi connectivity index (χ0) is 11.5. The summed E-state index contributed by atoms with van der Waals surface area (Å²) in [4.78, 5) is 11.4. The number of carbonyl (C=O) groups is 1. The average molecular weight is 207 g/mol. The number of rotatable bonds is 4. The predicted octanol–water partition coefficient (Wildman–Crippen LogP) is -0.745. The van der Waals surface area contributed by atoms with Crippen LogP contribution in [0, 0.1) is 5.41 Å². The molecule has 80 valence electrons. The summed E-state index contributed by atoms with van der Waals surface area (Å²) in [5, 5.41) is 2.11. The molecule has 0 aliphatic heterocycles. The van der Waals surface area contributed by atoms with Crippen LogP contribution < -0.4 is 16.7 Å². The molecule has 6 heteroatoms. The number of hydrogen-bond acceptors (Lipinski definition) is 4. The Balaban J connectivity index is 2.76. The molecule has 0 bridgehead atoms. The smallest absolute Gasteiger partial charge is 0.226 e. The predicted molar refractivity (Wildman–Crippen MR) is 57.1 cm³/mol. The molecule has 2 radical (unpaired) electrons. The van der Waals surface area contributed by atoms with Crippen molar-refractivity contribution in [3.05, 3.63) is 23.7 Å². The van der Waals surface area contributed by atoms with Gasteiger partial charge in [-0.1, -0.05) is 0 Å². The summed E-state index contributed by atoms with van der Waals surface area (Å²) in [6.07, 6.45) is 4.50. The highest BCUT2D eigenvalue weighted by atomic mass is 16.5. The Labute approximate surface area is 90.0 Å². The number of methoxy groups -OCH3 is 1. The van der Waals surface area contributed by atoms with E-state index in [4.69, 9.17) is 24.2 Å². The van der Waals surface area contributed by atoms with Gasteiger partial charge in [-0.05, 0) is 25.0 Å². The van der Waals surface area contributed by atoms with Crippen molar-refractivity contribution in [2.45, 2.75) is 12.8 Å². The van der Waals surface area contributed by atoms with Crippen molar-refractivity contribution in [3.63, 3.8) is 0 Å². The zero-order valence-corrected chi connectivity index (χ0v) is 8.62. The van der Waals surface area contributed by atoms with Crippen LogP contribution in [0.1, 0.15) is 12.8 Å². The van der Waals surface area contributed by atoms with E-state index >= 15 is 0 Å². The molecule has 0 aromatic carbocycles. The van der Waals surface area contributed by atoms with Gasteiger partial charge < -0.3 is 21.4 Å². The molecule has 0 saturated heterocycles. The fraction of sp³-hybridized carbons (Fsp3) is 0.444. The maximum absolute atomic E-state index is 11.4. The third-order valence-corrected chi connectivity index (χ3v) is 2.53. The lowest BCUT2D eigenvalue weighted by atomic mass is 10.0. The highest BCUT2D eigenvalue weighted by Crippen LogP contribution is 2.50. The van der Waals surface area contributed by atoms with E-state index in [9.17, 15) is 4.79 Å². The van der Waals surface area contributed by atoms with Crippen molar-refractivity contribution in [2.75, 3.05) is 7.11 Å². The molecule has 1 aliphatic carbocycles. The first-order valence-electron chi connectivity index (χ1n) is 4.55. The Bertz CT molecular complexity index is 321. The molecular weight excluding hydrogens is 193 g/mol. The molecule has 1 rings (SSSR count). The van der Waals surface area contributed by atoms with Gasteiger partial charge in [0.15, 0.2) is 5.88 Å². The molecule has 0 spiro atoms. The number of amides is 1. The standard InChI is InChI=1S/C9H14BN3O2/c1-15-7(12)3-2-6(11)9(4-5-9)8(14)13-10/h2-3H,4-5,11-12H2,1H3,(H,13,14)/b6-2-,7-3+. The summed E-state index contributed by atoms with van der Waals surface area (Å²) >= 11 is 0. The molecular formula is C9H14BN3O2. The minimum atomic E-state index is -0.640. The number of carbonyl (C=O) groups excluding carboxylic acids is 1. The maximum atomic E-state index is 11.4. The Morgan fingerprint density at radius 3 is 2.47 bits per heavy atom. The summed E-state index contributed by atoms with van der Waals surface area (Å²) in [6, 6.07) is 0. The lowest BCUT2D eigenvalue weighted by Crippen LogP contribution is -2.33. The molecule has 1 amide bonds. The van der Waals surface area contributed by atoms with E-state index < -0.39 is 5.41 Å². The first-order chi connectivity index (χ1) is 7.06. The number of nitrogens with one attached hydrogen (secondary N) is 1. The van der Waals surface area contributed by atoms with E-state index in [2.05, 4.69) is 5.23 Å². The SMILES string of the molecule is [B]NC(=O)C1(/C(N)=C/C=C(\N)OC)CC1. The van der Waals surface area contributed by atoms with Crippen LogP contribution in [-0.4, -0.2) is 21.0 Å². The summed E-state index contributed by atoms with van der Waals surface area (Å²) in [5.41, 5.74) is 11.0. The van der Waals surface area contributed by atoms with Gasteiger partial charge in [-0.15, -0.1) is 0 Å². The van der Waals surface area contributed by atoms with Crippen LogP contribution in [0.25, 0.3) is 0 Å². The third kappa shape index (κ3) is 2.26. The number of nitrogens with two attached hydrogens (primary N) is 2. The molecule has 1 saturated carbocycles. The molecule has 0 unspecified atom stereocenters. The second-order valence-electron chi connectivity index (χ2n) is 3.45. The van der Waals surface area contributed by atoms with Crippen LogP contribution in [-0.2, 0) is 9.53 Å².